The first kappa shape index (κ1) is 23.3. The van der Waals surface area contributed by atoms with Gasteiger partial charge in [-0.3, -0.25) is 0 Å². The summed E-state index contributed by atoms with van der Waals surface area (Å²) in [5.41, 5.74) is 3.45. The van der Waals surface area contributed by atoms with Gasteiger partial charge in [-0.2, -0.15) is 4.31 Å². The van der Waals surface area contributed by atoms with Crippen molar-refractivity contribution < 1.29 is 17.6 Å². The van der Waals surface area contributed by atoms with Crippen LogP contribution in [0.5, 0.6) is 5.75 Å². The van der Waals surface area contributed by atoms with Gasteiger partial charge in [0.15, 0.2) is 0 Å². The maximum absolute atomic E-state index is 13.3. The molecule has 0 spiro atoms. The van der Waals surface area contributed by atoms with Crippen LogP contribution in [0.15, 0.2) is 50.5 Å². The van der Waals surface area contributed by atoms with E-state index in [9.17, 15) is 13.2 Å². The molecular formula is C25H30N2O5S. The second-order valence-corrected chi connectivity index (χ2v) is 10.4. The number of aryl methyl sites for hydroxylation is 2. The third-order valence-electron chi connectivity index (χ3n) is 6.36. The number of nitrogens with zero attached hydrogens (tertiary/aromatic N) is 1. The molecule has 2 aromatic carbocycles. The minimum absolute atomic E-state index is 0.233. The van der Waals surface area contributed by atoms with Gasteiger partial charge in [-0.1, -0.05) is 25.0 Å². The van der Waals surface area contributed by atoms with Crippen molar-refractivity contribution >= 4 is 26.7 Å². The van der Waals surface area contributed by atoms with Crippen LogP contribution in [0, 0.1) is 13.8 Å². The third-order valence-corrected chi connectivity index (χ3v) is 8.26. The Morgan fingerprint density at radius 2 is 1.76 bits per heavy atom. The van der Waals surface area contributed by atoms with E-state index in [-0.39, 0.29) is 4.90 Å². The maximum Gasteiger partial charge on any atom is 0.336 e. The molecule has 0 radical (unpaired) electrons. The molecule has 0 aliphatic carbocycles. The predicted molar refractivity (Wildman–Crippen MR) is 130 cm³/mol. The summed E-state index contributed by atoms with van der Waals surface area (Å²) in [6.45, 7) is 5.30. The normalized spacial score (nSPS) is 15.4. The van der Waals surface area contributed by atoms with Crippen molar-refractivity contribution in [2.45, 2.75) is 51.0 Å². The Hall–Kier alpha value is -2.84. The molecule has 1 aromatic heterocycles. The van der Waals surface area contributed by atoms with Crippen molar-refractivity contribution in [2.24, 2.45) is 0 Å². The maximum atomic E-state index is 13.3. The average Bonchev–Trinajstić information content (AvgIpc) is 3.10. The lowest BCUT2D eigenvalue weighted by Crippen LogP contribution is -2.32. The minimum atomic E-state index is -3.59. The van der Waals surface area contributed by atoms with Gasteiger partial charge < -0.3 is 14.5 Å². The number of nitrogens with one attached hydrogen (secondary N) is 1. The lowest BCUT2D eigenvalue weighted by molar-refractivity contribution is 0.414. The molecule has 3 aromatic rings. The van der Waals surface area contributed by atoms with Crippen molar-refractivity contribution in [3.63, 3.8) is 0 Å². The van der Waals surface area contributed by atoms with Crippen LogP contribution in [-0.4, -0.2) is 32.9 Å². The Kier molecular flexibility index (Phi) is 6.76. The van der Waals surface area contributed by atoms with Gasteiger partial charge in [0, 0.05) is 31.1 Å². The van der Waals surface area contributed by atoms with E-state index < -0.39 is 15.6 Å². The fraction of sp³-hybridized carbons (Fsp3) is 0.400. The predicted octanol–water partition coefficient (Wildman–Crippen LogP) is 4.60. The number of benzene rings is 2. The summed E-state index contributed by atoms with van der Waals surface area (Å²) in [6.07, 6.45) is 3.87. The first-order valence-electron chi connectivity index (χ1n) is 11.3. The number of ether oxygens (including phenoxy) is 1. The van der Waals surface area contributed by atoms with Crippen LogP contribution in [0.1, 0.15) is 42.4 Å². The highest BCUT2D eigenvalue weighted by Gasteiger charge is 2.26. The smallest absolute Gasteiger partial charge is 0.336 e. The lowest BCUT2D eigenvalue weighted by atomic mass is 10.0. The van der Waals surface area contributed by atoms with Gasteiger partial charge in [0.25, 0.3) is 0 Å². The van der Waals surface area contributed by atoms with Crippen LogP contribution in [0.25, 0.3) is 11.0 Å². The monoisotopic (exact) mass is 470 g/mol. The Morgan fingerprint density at radius 1 is 1.03 bits per heavy atom. The van der Waals surface area contributed by atoms with E-state index in [0.717, 1.165) is 47.8 Å². The molecule has 0 unspecified atom stereocenters. The lowest BCUT2D eigenvalue weighted by Gasteiger charge is -2.21. The fourth-order valence-electron chi connectivity index (χ4n) is 4.28. The highest BCUT2D eigenvalue weighted by molar-refractivity contribution is 7.89. The SMILES string of the molecule is COc1ccc(S(=O)(=O)N2CCCCCC2)cc1NCc1cc(=O)oc2c(C)c(C)ccc12. The summed E-state index contributed by atoms with van der Waals surface area (Å²) in [4.78, 5) is 12.4. The van der Waals surface area contributed by atoms with Crippen LogP contribution in [0.3, 0.4) is 0 Å². The zero-order chi connectivity index (χ0) is 23.6. The Bertz CT molecular complexity index is 1320. The number of sulfonamides is 1. The second-order valence-electron chi connectivity index (χ2n) is 8.51. The number of methoxy groups -OCH3 is 1. The minimum Gasteiger partial charge on any atom is -0.495 e. The van der Waals surface area contributed by atoms with E-state index in [0.29, 0.717) is 36.7 Å². The van der Waals surface area contributed by atoms with E-state index in [1.807, 2.05) is 26.0 Å². The Balaban J connectivity index is 1.66. The first-order chi connectivity index (χ1) is 15.8. The number of hydrogen-bond acceptors (Lipinski definition) is 6. The number of anilines is 1. The molecule has 1 N–H and O–H groups in total. The van der Waals surface area contributed by atoms with Crippen LogP contribution >= 0.6 is 0 Å². The molecule has 176 valence electrons. The molecule has 0 atom stereocenters. The summed E-state index contributed by atoms with van der Waals surface area (Å²) >= 11 is 0. The van der Waals surface area contributed by atoms with Crippen LogP contribution in [-0.2, 0) is 16.6 Å². The van der Waals surface area contributed by atoms with Gasteiger partial charge in [0.2, 0.25) is 10.0 Å². The van der Waals surface area contributed by atoms with E-state index in [1.54, 1.807) is 29.6 Å². The molecule has 1 aliphatic heterocycles. The molecule has 1 aliphatic rings. The zero-order valence-corrected chi connectivity index (χ0v) is 20.1. The van der Waals surface area contributed by atoms with Gasteiger partial charge in [0.05, 0.1) is 17.7 Å². The van der Waals surface area contributed by atoms with E-state index >= 15 is 0 Å². The summed E-state index contributed by atoms with van der Waals surface area (Å²) < 4.78 is 39.0. The number of hydrogen-bond donors (Lipinski definition) is 1. The summed E-state index contributed by atoms with van der Waals surface area (Å²) in [6, 6.07) is 10.3. The van der Waals surface area contributed by atoms with Crippen LogP contribution in [0.4, 0.5) is 5.69 Å². The number of fused-ring (bicyclic) bond motifs is 1. The molecule has 1 fully saturated rings. The van der Waals surface area contributed by atoms with Crippen molar-refractivity contribution in [3.05, 3.63) is 63.5 Å². The topological polar surface area (TPSA) is 88.9 Å². The first-order valence-corrected chi connectivity index (χ1v) is 12.7. The van der Waals surface area contributed by atoms with E-state index in [2.05, 4.69) is 5.32 Å². The van der Waals surface area contributed by atoms with Crippen molar-refractivity contribution in [1.82, 2.24) is 4.31 Å². The summed E-state index contributed by atoms with van der Waals surface area (Å²) in [5, 5.41) is 4.12. The largest absolute Gasteiger partial charge is 0.495 e. The van der Waals surface area contributed by atoms with Crippen LogP contribution in [0.2, 0.25) is 0 Å². The molecule has 0 saturated carbocycles. The molecule has 1 saturated heterocycles. The van der Waals surface area contributed by atoms with Gasteiger partial charge >= 0.3 is 5.63 Å². The average molecular weight is 471 g/mol. The Morgan fingerprint density at radius 3 is 2.45 bits per heavy atom. The highest BCUT2D eigenvalue weighted by Crippen LogP contribution is 2.31. The highest BCUT2D eigenvalue weighted by atomic mass is 32.2. The van der Waals surface area contributed by atoms with Crippen molar-refractivity contribution in [2.75, 3.05) is 25.5 Å². The fourth-order valence-corrected chi connectivity index (χ4v) is 5.82. The molecular weight excluding hydrogens is 440 g/mol. The van der Waals surface area contributed by atoms with E-state index in [1.165, 1.54) is 6.07 Å². The molecule has 33 heavy (non-hydrogen) atoms. The number of rotatable bonds is 6. The van der Waals surface area contributed by atoms with Crippen LogP contribution < -0.4 is 15.7 Å². The standard InChI is InChI=1S/C25H30N2O5S/c1-17-8-10-21-19(14-24(28)32-25(21)18(17)2)16-26-22-15-20(9-11-23(22)31-3)33(29,30)27-12-6-4-5-7-13-27/h8-11,14-15,26H,4-7,12-13,16H2,1-3H3. The molecule has 2 heterocycles. The molecule has 8 heteroatoms. The van der Waals surface area contributed by atoms with Crippen molar-refractivity contribution in [1.29, 1.82) is 0 Å². The summed E-state index contributed by atoms with van der Waals surface area (Å²) in [5.74, 6) is 0.532. The van der Waals surface area contributed by atoms with Gasteiger partial charge in [0.1, 0.15) is 11.3 Å². The molecule has 0 amide bonds. The van der Waals surface area contributed by atoms with Gasteiger partial charge in [-0.15, -0.1) is 0 Å². The Labute approximate surface area is 194 Å². The van der Waals surface area contributed by atoms with Gasteiger partial charge in [-0.05, 0) is 61.6 Å². The summed E-state index contributed by atoms with van der Waals surface area (Å²) in [7, 11) is -2.05. The second kappa shape index (κ2) is 9.57. The van der Waals surface area contributed by atoms with Gasteiger partial charge in [-0.25, -0.2) is 13.2 Å². The zero-order valence-electron chi connectivity index (χ0n) is 19.3. The molecule has 4 rings (SSSR count). The third kappa shape index (κ3) is 4.77. The molecule has 7 nitrogen and oxygen atoms in total. The van der Waals surface area contributed by atoms with Crippen molar-refractivity contribution in [3.8, 4) is 5.75 Å². The van der Waals surface area contributed by atoms with E-state index in [4.69, 9.17) is 9.15 Å². The molecule has 0 bridgehead atoms. The quantitative estimate of drug-likeness (QED) is 0.530.